The van der Waals surface area contributed by atoms with Crippen LogP contribution in [0.3, 0.4) is 0 Å². The maximum atomic E-state index is 10.9. The van der Waals surface area contributed by atoms with Crippen LogP contribution in [0.25, 0.3) is 0 Å². The van der Waals surface area contributed by atoms with Gasteiger partial charge in [-0.2, -0.15) is 0 Å². The van der Waals surface area contributed by atoms with E-state index in [-0.39, 0.29) is 24.3 Å². The summed E-state index contributed by atoms with van der Waals surface area (Å²) in [4.78, 5) is 23.8. The van der Waals surface area contributed by atoms with Crippen LogP contribution in [-0.4, -0.2) is 56.6 Å². The van der Waals surface area contributed by atoms with Crippen molar-refractivity contribution in [2.24, 2.45) is 0 Å². The van der Waals surface area contributed by atoms with Crippen molar-refractivity contribution in [2.45, 2.75) is 12.8 Å². The molecule has 0 aromatic carbocycles. The van der Waals surface area contributed by atoms with Gasteiger partial charge < -0.3 is 14.4 Å². The molecule has 0 spiro atoms. The molecule has 5 nitrogen and oxygen atoms in total. The van der Waals surface area contributed by atoms with Gasteiger partial charge in [0.25, 0.3) is 0 Å². The van der Waals surface area contributed by atoms with Crippen LogP contribution in [0.15, 0.2) is 0 Å². The average Bonchev–Trinajstić information content (AvgIpc) is 2.31. The fraction of sp³-hybridized carbons (Fsp3) is 0.800. The van der Waals surface area contributed by atoms with Crippen LogP contribution in [-0.2, 0) is 19.1 Å². The number of esters is 2. The molecule has 0 rings (SSSR count). The highest BCUT2D eigenvalue weighted by atomic mass is 35.5. The quantitative estimate of drug-likeness (QED) is 0.494. The summed E-state index contributed by atoms with van der Waals surface area (Å²) in [5, 5.41) is 0. The number of nitrogens with zero attached hydrogens (tertiary/aromatic N) is 1. The molecule has 102 valence electrons. The zero-order valence-corrected chi connectivity index (χ0v) is 11.7. The SMILES string of the molecule is COC(=O)CCN(CCCl)CCC(=O)OC.Cl. The minimum atomic E-state index is -0.266. The van der Waals surface area contributed by atoms with Gasteiger partial charge in [0, 0.05) is 25.5 Å². The lowest BCUT2D eigenvalue weighted by Gasteiger charge is -2.19. The molecule has 0 aliphatic rings. The molecule has 0 radical (unpaired) electrons. The third kappa shape index (κ3) is 10.4. The number of carbonyl (C=O) groups is 2. The van der Waals surface area contributed by atoms with E-state index in [9.17, 15) is 9.59 Å². The predicted molar refractivity (Wildman–Crippen MR) is 67.7 cm³/mol. The summed E-state index contributed by atoms with van der Waals surface area (Å²) >= 11 is 5.62. The zero-order valence-electron chi connectivity index (χ0n) is 10.1. The standard InChI is InChI=1S/C10H18ClNO4.ClH/c1-15-9(13)3-6-12(8-5-11)7-4-10(14)16-2;/h3-8H2,1-2H3;1H. The topological polar surface area (TPSA) is 55.8 Å². The first kappa shape index (κ1) is 18.8. The Labute approximate surface area is 113 Å². The Kier molecular flexibility index (Phi) is 13.2. The molecule has 7 heteroatoms. The predicted octanol–water partition coefficient (Wildman–Crippen LogP) is 1.08. The number of ether oxygens (including phenoxy) is 2. The smallest absolute Gasteiger partial charge is 0.306 e. The monoisotopic (exact) mass is 287 g/mol. The normalized spacial score (nSPS) is 9.65. The van der Waals surface area contributed by atoms with Gasteiger partial charge in [-0.1, -0.05) is 0 Å². The van der Waals surface area contributed by atoms with Gasteiger partial charge in [0.2, 0.25) is 0 Å². The van der Waals surface area contributed by atoms with E-state index in [4.69, 9.17) is 11.6 Å². The molecule has 0 amide bonds. The van der Waals surface area contributed by atoms with Gasteiger partial charge in [-0.3, -0.25) is 9.59 Å². The maximum Gasteiger partial charge on any atom is 0.306 e. The molecule has 0 aliphatic carbocycles. The van der Waals surface area contributed by atoms with Gasteiger partial charge in [-0.25, -0.2) is 0 Å². The molecule has 0 N–H and O–H groups in total. The molecule has 0 aromatic heterocycles. The maximum absolute atomic E-state index is 10.9. The minimum absolute atomic E-state index is 0. The van der Waals surface area contributed by atoms with Gasteiger partial charge in [-0.05, 0) is 0 Å². The number of hydrogen-bond acceptors (Lipinski definition) is 5. The molecule has 0 heterocycles. The molecule has 0 saturated heterocycles. The highest BCUT2D eigenvalue weighted by Gasteiger charge is 2.10. The van der Waals surface area contributed by atoms with Crippen LogP contribution >= 0.6 is 24.0 Å². The van der Waals surface area contributed by atoms with E-state index < -0.39 is 0 Å². The van der Waals surface area contributed by atoms with Gasteiger partial charge in [0.15, 0.2) is 0 Å². The van der Waals surface area contributed by atoms with Crippen LogP contribution < -0.4 is 0 Å². The Morgan fingerprint density at radius 1 is 1.00 bits per heavy atom. The van der Waals surface area contributed by atoms with E-state index in [1.54, 1.807) is 0 Å². The lowest BCUT2D eigenvalue weighted by molar-refractivity contribution is -0.141. The zero-order chi connectivity index (χ0) is 12.4. The third-order valence-corrected chi connectivity index (χ3v) is 2.29. The molecule has 0 unspecified atom stereocenters. The Morgan fingerprint density at radius 2 is 1.41 bits per heavy atom. The van der Waals surface area contributed by atoms with E-state index in [1.807, 2.05) is 4.90 Å². The van der Waals surface area contributed by atoms with Crippen molar-refractivity contribution >= 4 is 35.9 Å². The number of halogens is 2. The second-order valence-electron chi connectivity index (χ2n) is 3.18. The molecule has 0 fully saturated rings. The summed E-state index contributed by atoms with van der Waals surface area (Å²) in [6, 6.07) is 0. The van der Waals surface area contributed by atoms with Crippen LogP contribution in [0.5, 0.6) is 0 Å². The van der Waals surface area contributed by atoms with Gasteiger partial charge in [-0.15, -0.1) is 24.0 Å². The van der Waals surface area contributed by atoms with E-state index in [2.05, 4.69) is 9.47 Å². The molecule has 0 aliphatic heterocycles. The van der Waals surface area contributed by atoms with Crippen molar-refractivity contribution in [1.82, 2.24) is 4.90 Å². The second-order valence-corrected chi connectivity index (χ2v) is 3.56. The first-order chi connectivity index (χ1) is 7.63. The third-order valence-electron chi connectivity index (χ3n) is 2.12. The van der Waals surface area contributed by atoms with Crippen LogP contribution in [0.4, 0.5) is 0 Å². The molecular weight excluding hydrogens is 269 g/mol. The number of rotatable bonds is 8. The van der Waals surface area contributed by atoms with Crippen LogP contribution in [0.1, 0.15) is 12.8 Å². The lowest BCUT2D eigenvalue weighted by atomic mass is 10.3. The van der Waals surface area contributed by atoms with Gasteiger partial charge in [0.1, 0.15) is 0 Å². The van der Waals surface area contributed by atoms with Crippen molar-refractivity contribution < 1.29 is 19.1 Å². The average molecular weight is 288 g/mol. The van der Waals surface area contributed by atoms with Crippen molar-refractivity contribution in [2.75, 3.05) is 39.7 Å². The summed E-state index contributed by atoms with van der Waals surface area (Å²) in [7, 11) is 2.70. The van der Waals surface area contributed by atoms with Crippen LogP contribution in [0, 0.1) is 0 Å². The molecule has 0 bridgehead atoms. The van der Waals surface area contributed by atoms with Crippen molar-refractivity contribution in [3.05, 3.63) is 0 Å². The van der Waals surface area contributed by atoms with Crippen molar-refractivity contribution in [1.29, 1.82) is 0 Å². The van der Waals surface area contributed by atoms with Gasteiger partial charge >= 0.3 is 11.9 Å². The summed E-state index contributed by atoms with van der Waals surface area (Å²) in [6.07, 6.45) is 0.600. The summed E-state index contributed by atoms with van der Waals surface area (Å²) < 4.78 is 9.07. The Balaban J connectivity index is 0. The highest BCUT2D eigenvalue weighted by molar-refractivity contribution is 6.18. The lowest BCUT2D eigenvalue weighted by Crippen LogP contribution is -2.31. The van der Waals surface area contributed by atoms with E-state index in [1.165, 1.54) is 14.2 Å². The highest BCUT2D eigenvalue weighted by Crippen LogP contribution is 1.98. The fourth-order valence-electron chi connectivity index (χ4n) is 1.16. The summed E-state index contributed by atoms with van der Waals surface area (Å²) in [5.74, 6) is -0.0715. The van der Waals surface area contributed by atoms with Crippen LogP contribution in [0.2, 0.25) is 0 Å². The summed E-state index contributed by atoms with van der Waals surface area (Å²) in [6.45, 7) is 1.71. The number of hydrogen-bond donors (Lipinski definition) is 0. The fourth-order valence-corrected chi connectivity index (χ4v) is 1.40. The molecule has 0 atom stereocenters. The Hall–Kier alpha value is -0.520. The number of methoxy groups -OCH3 is 2. The van der Waals surface area contributed by atoms with E-state index >= 15 is 0 Å². The van der Waals surface area contributed by atoms with E-state index in [0.29, 0.717) is 38.4 Å². The Morgan fingerprint density at radius 3 is 1.71 bits per heavy atom. The summed E-state index contributed by atoms with van der Waals surface area (Å²) in [5.41, 5.74) is 0. The molecule has 17 heavy (non-hydrogen) atoms. The molecule has 0 aromatic rings. The largest absolute Gasteiger partial charge is 0.469 e. The molecular formula is C10H19Cl2NO4. The first-order valence-corrected chi connectivity index (χ1v) is 5.59. The molecule has 0 saturated carbocycles. The minimum Gasteiger partial charge on any atom is -0.469 e. The van der Waals surface area contributed by atoms with Crippen molar-refractivity contribution in [3.63, 3.8) is 0 Å². The number of carbonyl (C=O) groups excluding carboxylic acids is 2. The second kappa shape index (κ2) is 12.0. The number of alkyl halides is 1. The van der Waals surface area contributed by atoms with E-state index in [0.717, 1.165) is 0 Å². The van der Waals surface area contributed by atoms with Crippen molar-refractivity contribution in [3.8, 4) is 0 Å². The van der Waals surface area contributed by atoms with Gasteiger partial charge in [0.05, 0.1) is 27.1 Å². The first-order valence-electron chi connectivity index (χ1n) is 5.06. The Bertz CT molecular complexity index is 206.